The molecule has 0 aromatic heterocycles. The van der Waals surface area contributed by atoms with Gasteiger partial charge in [0.15, 0.2) is 0 Å². The molecule has 0 N–H and O–H groups in total. The summed E-state index contributed by atoms with van der Waals surface area (Å²) in [6, 6.07) is 15.2. The number of carbonyl (C=O) groups excluding carboxylic acids is 1. The minimum Gasteiger partial charge on any atom is -0.503 e. The Morgan fingerprint density at radius 3 is 2.03 bits per heavy atom. The highest BCUT2D eigenvalue weighted by atomic mass is 19.4. The second-order valence-corrected chi connectivity index (χ2v) is 6.04. The van der Waals surface area contributed by atoms with Gasteiger partial charge in [-0.3, -0.25) is 0 Å². The van der Waals surface area contributed by atoms with Gasteiger partial charge in [0.1, 0.15) is 23.9 Å². The Hall–Kier alpha value is -3.42. The molecule has 30 heavy (non-hydrogen) atoms. The monoisotopic (exact) mass is 422 g/mol. The van der Waals surface area contributed by atoms with Gasteiger partial charge in [-0.1, -0.05) is 18.2 Å². The van der Waals surface area contributed by atoms with Crippen molar-refractivity contribution in [1.82, 2.24) is 0 Å². The zero-order chi connectivity index (χ0) is 22.1. The van der Waals surface area contributed by atoms with Crippen molar-refractivity contribution in [2.45, 2.75) is 13.1 Å². The van der Waals surface area contributed by atoms with Gasteiger partial charge in [-0.2, -0.15) is 13.2 Å². The van der Waals surface area contributed by atoms with Crippen molar-refractivity contribution in [2.24, 2.45) is 0 Å². The van der Waals surface area contributed by atoms with E-state index in [1.54, 1.807) is 24.3 Å². The SMILES string of the molecule is CO/C=C(C(=O)OC)\C(C)=C(/COc1ccc(Oc2ccccc2)cc1)C(F)(F)F. The van der Waals surface area contributed by atoms with Crippen LogP contribution in [-0.2, 0) is 14.3 Å². The fourth-order valence-corrected chi connectivity index (χ4v) is 2.47. The van der Waals surface area contributed by atoms with Gasteiger partial charge in [0.2, 0.25) is 0 Å². The molecule has 160 valence electrons. The van der Waals surface area contributed by atoms with Crippen LogP contribution >= 0.6 is 0 Å². The van der Waals surface area contributed by atoms with Crippen LogP contribution in [0.1, 0.15) is 6.92 Å². The number of para-hydroxylation sites is 1. The number of carbonyl (C=O) groups is 1. The van der Waals surface area contributed by atoms with Crippen molar-refractivity contribution in [3.8, 4) is 17.2 Å². The maximum atomic E-state index is 13.6. The summed E-state index contributed by atoms with van der Waals surface area (Å²) in [7, 11) is 2.29. The van der Waals surface area contributed by atoms with Crippen LogP contribution in [0.4, 0.5) is 13.2 Å². The normalized spacial score (nSPS) is 12.7. The molecule has 0 amide bonds. The summed E-state index contributed by atoms with van der Waals surface area (Å²) in [6.45, 7) is 0.358. The fraction of sp³-hybridized carbons (Fsp3) is 0.227. The van der Waals surface area contributed by atoms with E-state index in [4.69, 9.17) is 14.2 Å². The van der Waals surface area contributed by atoms with Crippen LogP contribution in [0.2, 0.25) is 0 Å². The standard InChI is InChI=1S/C22H21F3O5/c1-15(19(13-27-2)21(26)28-3)20(22(23,24)25)14-29-16-9-11-18(12-10-16)30-17-7-5-4-6-8-17/h4-13H,14H2,1-3H3/b19-13+,20-15+. The number of benzene rings is 2. The first kappa shape index (κ1) is 22.9. The molecule has 0 heterocycles. The van der Waals surface area contributed by atoms with E-state index in [0.29, 0.717) is 11.5 Å². The van der Waals surface area contributed by atoms with Gasteiger partial charge < -0.3 is 18.9 Å². The van der Waals surface area contributed by atoms with Crippen LogP contribution in [-0.4, -0.2) is 33.0 Å². The van der Waals surface area contributed by atoms with Crippen LogP contribution in [0.3, 0.4) is 0 Å². The number of alkyl halides is 3. The molecule has 0 saturated carbocycles. The summed E-state index contributed by atoms with van der Waals surface area (Å²) in [5.74, 6) is 0.399. The van der Waals surface area contributed by atoms with Crippen molar-refractivity contribution in [3.05, 3.63) is 77.6 Å². The van der Waals surface area contributed by atoms with E-state index < -0.39 is 24.3 Å². The lowest BCUT2D eigenvalue weighted by atomic mass is 10.0. The van der Waals surface area contributed by atoms with Gasteiger partial charge in [-0.15, -0.1) is 0 Å². The maximum Gasteiger partial charge on any atom is 0.416 e. The number of hydrogen-bond acceptors (Lipinski definition) is 5. The van der Waals surface area contributed by atoms with E-state index in [1.165, 1.54) is 19.2 Å². The van der Waals surface area contributed by atoms with Crippen molar-refractivity contribution in [1.29, 1.82) is 0 Å². The molecule has 0 aliphatic carbocycles. The molecule has 2 rings (SSSR count). The average molecular weight is 422 g/mol. The third-order valence-electron chi connectivity index (χ3n) is 4.03. The van der Waals surface area contributed by atoms with E-state index in [-0.39, 0.29) is 16.9 Å². The van der Waals surface area contributed by atoms with Crippen LogP contribution in [0.15, 0.2) is 77.6 Å². The van der Waals surface area contributed by atoms with Crippen molar-refractivity contribution in [3.63, 3.8) is 0 Å². The minimum absolute atomic E-state index is 0.209. The van der Waals surface area contributed by atoms with Crippen LogP contribution in [0.5, 0.6) is 17.2 Å². The predicted molar refractivity (Wildman–Crippen MR) is 104 cm³/mol. The number of hydrogen-bond donors (Lipinski definition) is 0. The third kappa shape index (κ3) is 6.30. The predicted octanol–water partition coefficient (Wildman–Crippen LogP) is 5.44. The molecule has 5 nitrogen and oxygen atoms in total. The summed E-state index contributed by atoms with van der Waals surface area (Å²) in [4.78, 5) is 11.8. The molecular formula is C22H21F3O5. The van der Waals surface area contributed by atoms with E-state index in [9.17, 15) is 18.0 Å². The first-order valence-electron chi connectivity index (χ1n) is 8.80. The van der Waals surface area contributed by atoms with Gasteiger partial charge in [-0.25, -0.2) is 4.79 Å². The number of halogens is 3. The Labute approximate surface area is 172 Å². The molecule has 2 aromatic carbocycles. The lowest BCUT2D eigenvalue weighted by Gasteiger charge is -2.17. The third-order valence-corrected chi connectivity index (χ3v) is 4.03. The Morgan fingerprint density at radius 1 is 0.933 bits per heavy atom. The zero-order valence-corrected chi connectivity index (χ0v) is 16.7. The smallest absolute Gasteiger partial charge is 0.416 e. The van der Waals surface area contributed by atoms with Crippen molar-refractivity contribution in [2.75, 3.05) is 20.8 Å². The van der Waals surface area contributed by atoms with Gasteiger partial charge in [0.25, 0.3) is 0 Å². The summed E-state index contributed by atoms with van der Waals surface area (Å²) in [5.41, 5.74) is -1.72. The van der Waals surface area contributed by atoms with Crippen LogP contribution < -0.4 is 9.47 Å². The first-order chi connectivity index (χ1) is 14.3. The largest absolute Gasteiger partial charge is 0.503 e. The van der Waals surface area contributed by atoms with E-state index in [0.717, 1.165) is 20.3 Å². The van der Waals surface area contributed by atoms with Crippen LogP contribution in [0.25, 0.3) is 0 Å². The summed E-state index contributed by atoms with van der Waals surface area (Å²) < 4.78 is 60.9. The summed E-state index contributed by atoms with van der Waals surface area (Å²) in [6.07, 6.45) is -3.82. The Morgan fingerprint density at radius 2 is 1.50 bits per heavy atom. The van der Waals surface area contributed by atoms with Gasteiger partial charge in [0.05, 0.1) is 31.6 Å². The molecule has 0 aliphatic heterocycles. The molecule has 8 heteroatoms. The molecule has 0 fully saturated rings. The highest BCUT2D eigenvalue weighted by Crippen LogP contribution is 2.32. The second kappa shape index (κ2) is 10.4. The maximum absolute atomic E-state index is 13.6. The average Bonchev–Trinajstić information content (AvgIpc) is 2.72. The van der Waals surface area contributed by atoms with E-state index in [2.05, 4.69) is 4.74 Å². The first-order valence-corrected chi connectivity index (χ1v) is 8.80. The number of esters is 1. The van der Waals surface area contributed by atoms with Gasteiger partial charge >= 0.3 is 12.1 Å². The topological polar surface area (TPSA) is 54.0 Å². The minimum atomic E-state index is -4.72. The second-order valence-electron chi connectivity index (χ2n) is 6.04. The fourth-order valence-electron chi connectivity index (χ4n) is 2.47. The van der Waals surface area contributed by atoms with Gasteiger partial charge in [0, 0.05) is 0 Å². The molecule has 0 atom stereocenters. The molecule has 0 unspecified atom stereocenters. The van der Waals surface area contributed by atoms with Crippen LogP contribution in [0, 0.1) is 0 Å². The molecular weight excluding hydrogens is 401 g/mol. The Balaban J connectivity index is 2.18. The lowest BCUT2D eigenvalue weighted by molar-refractivity contribution is -0.136. The van der Waals surface area contributed by atoms with Gasteiger partial charge in [-0.05, 0) is 48.9 Å². The number of rotatable bonds is 8. The van der Waals surface area contributed by atoms with Crippen molar-refractivity contribution < 1.29 is 36.9 Å². The molecule has 0 spiro atoms. The summed E-state index contributed by atoms with van der Waals surface area (Å²) >= 11 is 0. The molecule has 0 bridgehead atoms. The zero-order valence-electron chi connectivity index (χ0n) is 16.7. The molecule has 0 saturated heterocycles. The highest BCUT2D eigenvalue weighted by Gasteiger charge is 2.37. The number of ether oxygens (including phenoxy) is 4. The molecule has 2 aromatic rings. The summed E-state index contributed by atoms with van der Waals surface area (Å²) in [5, 5.41) is 0. The molecule has 0 aliphatic rings. The lowest BCUT2D eigenvalue weighted by Crippen LogP contribution is -2.22. The van der Waals surface area contributed by atoms with Crippen molar-refractivity contribution >= 4 is 5.97 Å². The van der Waals surface area contributed by atoms with E-state index in [1.807, 2.05) is 18.2 Å². The van der Waals surface area contributed by atoms with E-state index >= 15 is 0 Å². The quantitative estimate of drug-likeness (QED) is 0.245. The Kier molecular flexibility index (Phi) is 7.91. The number of methoxy groups -OCH3 is 2. The molecule has 0 radical (unpaired) electrons. The Bertz CT molecular complexity index is 901. The highest BCUT2D eigenvalue weighted by molar-refractivity contribution is 5.93.